The molecule has 13 nitrogen and oxygen atoms in total. The average molecular weight is 715 g/mol. The maximum atomic E-state index is 13.9. The second-order valence-corrected chi connectivity index (χ2v) is 13.6. The Bertz CT molecular complexity index is 2090. The molecule has 7 rings (SSSR count). The maximum absolute atomic E-state index is 13.9. The van der Waals surface area contributed by atoms with E-state index >= 15 is 0 Å². The molecule has 4 heterocycles. The Morgan fingerprint density at radius 3 is 1.77 bits per heavy atom. The molecule has 0 unspecified atom stereocenters. The third-order valence-electron chi connectivity index (χ3n) is 10.2. The summed E-state index contributed by atoms with van der Waals surface area (Å²) in [5.41, 5.74) is 6.35. The second kappa shape index (κ2) is 15.2. The van der Waals surface area contributed by atoms with Gasteiger partial charge >= 0.3 is 6.09 Å². The van der Waals surface area contributed by atoms with Crippen LogP contribution in [0.25, 0.3) is 33.6 Å². The fourth-order valence-electron chi connectivity index (χ4n) is 7.39. The predicted molar refractivity (Wildman–Crippen MR) is 198 cm³/mol. The first kappa shape index (κ1) is 35.2. The van der Waals surface area contributed by atoms with E-state index in [2.05, 4.69) is 49.5 Å². The van der Waals surface area contributed by atoms with Crippen LogP contribution in [0.4, 0.5) is 4.79 Å². The summed E-state index contributed by atoms with van der Waals surface area (Å²) in [6, 6.07) is 24.0. The number of nitrogens with one attached hydrogen (secondary N) is 3. The lowest BCUT2D eigenvalue weighted by molar-refractivity contribution is -0.137. The van der Waals surface area contributed by atoms with Crippen molar-refractivity contribution in [2.75, 3.05) is 26.7 Å². The van der Waals surface area contributed by atoms with Gasteiger partial charge in [-0.15, -0.1) is 0 Å². The quantitative estimate of drug-likeness (QED) is 0.139. The summed E-state index contributed by atoms with van der Waals surface area (Å²) >= 11 is 0. The van der Waals surface area contributed by atoms with E-state index in [-0.39, 0.29) is 36.3 Å². The zero-order chi connectivity index (χ0) is 37.1. The molecule has 272 valence electrons. The molecule has 0 saturated carbocycles. The van der Waals surface area contributed by atoms with E-state index in [4.69, 9.17) is 0 Å². The Morgan fingerprint density at radius 1 is 0.774 bits per heavy atom. The van der Waals surface area contributed by atoms with Gasteiger partial charge in [-0.1, -0.05) is 78.9 Å². The van der Waals surface area contributed by atoms with Crippen molar-refractivity contribution < 1.29 is 24.3 Å². The summed E-state index contributed by atoms with van der Waals surface area (Å²) in [6.45, 7) is 2.54. The van der Waals surface area contributed by atoms with Crippen LogP contribution in [-0.2, 0) is 14.4 Å². The van der Waals surface area contributed by atoms with E-state index in [1.54, 1.807) is 46.5 Å². The molecule has 53 heavy (non-hydrogen) atoms. The Kier molecular flexibility index (Phi) is 10.1. The van der Waals surface area contributed by atoms with Crippen LogP contribution in [0.3, 0.4) is 0 Å². The minimum atomic E-state index is -1.17. The molecule has 2 aliphatic rings. The van der Waals surface area contributed by atoms with Gasteiger partial charge in [-0.05, 0) is 53.5 Å². The number of aromatic nitrogens is 4. The van der Waals surface area contributed by atoms with Crippen molar-refractivity contribution in [2.45, 2.75) is 50.7 Å². The lowest BCUT2D eigenvalue weighted by atomic mass is 10.0. The molecule has 0 bridgehead atoms. The molecule has 2 fully saturated rings. The summed E-state index contributed by atoms with van der Waals surface area (Å²) < 4.78 is 0. The molecule has 2 aromatic heterocycles. The van der Waals surface area contributed by atoms with Gasteiger partial charge in [-0.2, -0.15) is 0 Å². The minimum Gasteiger partial charge on any atom is -0.465 e. The number of H-pyrrole nitrogens is 2. The molecule has 5 aromatic rings. The van der Waals surface area contributed by atoms with Crippen molar-refractivity contribution >= 4 is 23.8 Å². The normalized spacial score (nSPS) is 17.5. The van der Waals surface area contributed by atoms with Crippen molar-refractivity contribution in [3.05, 3.63) is 108 Å². The molecule has 3 aromatic carbocycles. The van der Waals surface area contributed by atoms with E-state index in [9.17, 15) is 24.3 Å². The molecule has 0 radical (unpaired) electrons. The summed E-state index contributed by atoms with van der Waals surface area (Å²) in [5, 5.41) is 12.4. The molecular formula is C40H42N8O5. The van der Waals surface area contributed by atoms with Gasteiger partial charge in [0.25, 0.3) is 5.91 Å². The van der Waals surface area contributed by atoms with Gasteiger partial charge in [0, 0.05) is 27.1 Å². The van der Waals surface area contributed by atoms with Crippen LogP contribution in [0.5, 0.6) is 0 Å². The molecule has 4 amide bonds. The standard InChI is InChI=1S/C40H42N8O5/c1-25(49)41-24-35(50)47-20-6-10-33(47)37-42-22-31(44-37)28-16-12-26(13-17-28)27-14-18-29(19-15-27)32-23-43-38(45-32)34-11-7-21-48(34)39(51)36(46(2)40(52)53)30-8-4-3-5-9-30/h3-5,8-9,12-19,22-23,33-34,36H,6-7,10-11,20-21,24H2,1-2H3,(H,41,49)(H,42,44)(H,43,45)(H,52,53)/t33-,34-,36+/m0/s1. The molecule has 2 aliphatic heterocycles. The highest BCUT2D eigenvalue weighted by molar-refractivity contribution is 5.87. The number of imidazole rings is 2. The lowest BCUT2D eigenvalue weighted by Crippen LogP contribution is -2.43. The monoisotopic (exact) mass is 714 g/mol. The maximum Gasteiger partial charge on any atom is 0.407 e. The summed E-state index contributed by atoms with van der Waals surface area (Å²) in [5.74, 6) is 0.805. The average Bonchev–Trinajstić information content (AvgIpc) is 4.01. The number of carbonyl (C=O) groups excluding carboxylic acids is 3. The van der Waals surface area contributed by atoms with E-state index < -0.39 is 12.1 Å². The Hall–Kier alpha value is -6.24. The predicted octanol–water partition coefficient (Wildman–Crippen LogP) is 5.95. The number of rotatable bonds is 10. The van der Waals surface area contributed by atoms with Crippen LogP contribution in [-0.4, -0.2) is 90.2 Å². The number of hydrogen-bond donors (Lipinski definition) is 4. The number of carbonyl (C=O) groups is 4. The van der Waals surface area contributed by atoms with E-state index in [0.29, 0.717) is 24.5 Å². The van der Waals surface area contributed by atoms with Gasteiger partial charge in [0.05, 0.1) is 42.4 Å². The molecule has 3 atom stereocenters. The van der Waals surface area contributed by atoms with Crippen molar-refractivity contribution in [1.82, 2.24) is 40.0 Å². The molecule has 2 saturated heterocycles. The largest absolute Gasteiger partial charge is 0.465 e. The van der Waals surface area contributed by atoms with Crippen LogP contribution in [0.1, 0.15) is 67.9 Å². The van der Waals surface area contributed by atoms with Gasteiger partial charge < -0.3 is 30.2 Å². The SMILES string of the molecule is CC(=O)NCC(=O)N1CCC[C@H]1c1ncc(-c2ccc(-c3ccc(-c4cnc([C@@H]5CCCN5C(=O)[C@@H](c5ccccc5)N(C)C(=O)O)[nH]4)cc3)cc2)[nH]1. The molecule has 0 spiro atoms. The van der Waals surface area contributed by atoms with Crippen LogP contribution >= 0.6 is 0 Å². The number of amides is 4. The second-order valence-electron chi connectivity index (χ2n) is 13.6. The van der Waals surface area contributed by atoms with Crippen molar-refractivity contribution in [3.8, 4) is 33.6 Å². The van der Waals surface area contributed by atoms with Crippen molar-refractivity contribution in [3.63, 3.8) is 0 Å². The van der Waals surface area contributed by atoms with Gasteiger partial charge in [-0.3, -0.25) is 19.3 Å². The summed E-state index contributed by atoms with van der Waals surface area (Å²) in [4.78, 5) is 70.6. The summed E-state index contributed by atoms with van der Waals surface area (Å²) in [6.07, 6.45) is 5.62. The Labute approximate surface area is 307 Å². The number of hydrogen-bond acceptors (Lipinski definition) is 6. The lowest BCUT2D eigenvalue weighted by Gasteiger charge is -2.32. The van der Waals surface area contributed by atoms with Crippen LogP contribution in [0.15, 0.2) is 91.3 Å². The third kappa shape index (κ3) is 7.41. The number of likely N-dealkylation sites (N-methyl/N-ethyl adjacent to an activating group) is 1. The first-order valence-corrected chi connectivity index (χ1v) is 17.8. The third-order valence-corrected chi connectivity index (χ3v) is 10.2. The summed E-state index contributed by atoms with van der Waals surface area (Å²) in [7, 11) is 1.43. The highest BCUT2D eigenvalue weighted by atomic mass is 16.4. The van der Waals surface area contributed by atoms with Crippen LogP contribution < -0.4 is 5.32 Å². The molecule has 13 heteroatoms. The van der Waals surface area contributed by atoms with E-state index in [1.807, 2.05) is 30.3 Å². The highest BCUT2D eigenvalue weighted by Gasteiger charge is 2.39. The highest BCUT2D eigenvalue weighted by Crippen LogP contribution is 2.36. The van der Waals surface area contributed by atoms with Crippen molar-refractivity contribution in [1.29, 1.82) is 0 Å². The minimum absolute atomic E-state index is 0.0161. The van der Waals surface area contributed by atoms with E-state index in [0.717, 1.165) is 70.0 Å². The zero-order valence-electron chi connectivity index (χ0n) is 29.7. The molecule has 0 aliphatic carbocycles. The fourth-order valence-corrected chi connectivity index (χ4v) is 7.39. The van der Waals surface area contributed by atoms with Crippen molar-refractivity contribution in [2.24, 2.45) is 0 Å². The molecular weight excluding hydrogens is 672 g/mol. The van der Waals surface area contributed by atoms with Crippen LogP contribution in [0, 0.1) is 0 Å². The first-order valence-electron chi connectivity index (χ1n) is 17.8. The van der Waals surface area contributed by atoms with Gasteiger partial charge in [0.15, 0.2) is 0 Å². The number of likely N-dealkylation sites (tertiary alicyclic amines) is 2. The fraction of sp³-hybridized carbons (Fsp3) is 0.300. The number of benzene rings is 3. The first-order chi connectivity index (χ1) is 25.7. The van der Waals surface area contributed by atoms with Gasteiger partial charge in [0.2, 0.25) is 11.8 Å². The number of nitrogens with zero attached hydrogens (tertiary/aromatic N) is 5. The smallest absolute Gasteiger partial charge is 0.407 e. The Balaban J connectivity index is 1.02. The Morgan fingerprint density at radius 2 is 1.26 bits per heavy atom. The van der Waals surface area contributed by atoms with Crippen LogP contribution in [0.2, 0.25) is 0 Å². The van der Waals surface area contributed by atoms with Gasteiger partial charge in [0.1, 0.15) is 17.7 Å². The van der Waals surface area contributed by atoms with E-state index in [1.165, 1.54) is 14.0 Å². The molecule has 4 N–H and O–H groups in total. The topological polar surface area (TPSA) is 168 Å². The number of aromatic amines is 2. The number of carboxylic acid groups (broad SMARTS) is 1. The zero-order valence-corrected chi connectivity index (χ0v) is 29.7. The van der Waals surface area contributed by atoms with Gasteiger partial charge in [-0.25, -0.2) is 14.8 Å².